The first-order valence-corrected chi connectivity index (χ1v) is 8.84. The van der Waals surface area contributed by atoms with Gasteiger partial charge in [-0.2, -0.15) is 11.8 Å². The molecule has 1 heterocycles. The van der Waals surface area contributed by atoms with Gasteiger partial charge in [0.05, 0.1) is 0 Å². The molecule has 0 aromatic carbocycles. The standard InChI is InChI=1S/C10H20N2O3S2/c1-17(14,15)10-8-16-7-6-12(10)9(13)4-2-3-5-11/h10H,2-8,11H2,1H3. The molecule has 2 N–H and O–H groups in total. The number of thioether (sulfide) groups is 1. The average molecular weight is 280 g/mol. The van der Waals surface area contributed by atoms with Gasteiger partial charge in [-0.3, -0.25) is 4.79 Å². The highest BCUT2D eigenvalue weighted by Crippen LogP contribution is 2.21. The van der Waals surface area contributed by atoms with E-state index in [0.29, 0.717) is 25.3 Å². The summed E-state index contributed by atoms with van der Waals surface area (Å²) in [5.41, 5.74) is 5.37. The Bertz CT molecular complexity index is 357. The van der Waals surface area contributed by atoms with Crippen molar-refractivity contribution in [3.8, 4) is 0 Å². The number of nitrogens with zero attached hydrogens (tertiary/aromatic N) is 1. The molecule has 1 rings (SSSR count). The summed E-state index contributed by atoms with van der Waals surface area (Å²) in [6, 6.07) is 0. The topological polar surface area (TPSA) is 80.5 Å². The molecular formula is C10H20N2O3S2. The van der Waals surface area contributed by atoms with E-state index in [0.717, 1.165) is 18.6 Å². The minimum absolute atomic E-state index is 0.0609. The molecule has 100 valence electrons. The minimum Gasteiger partial charge on any atom is -0.330 e. The molecule has 5 nitrogen and oxygen atoms in total. The Morgan fingerprint density at radius 3 is 2.76 bits per heavy atom. The smallest absolute Gasteiger partial charge is 0.223 e. The van der Waals surface area contributed by atoms with Crippen LogP contribution in [0.1, 0.15) is 19.3 Å². The van der Waals surface area contributed by atoms with Gasteiger partial charge in [0.25, 0.3) is 0 Å². The van der Waals surface area contributed by atoms with E-state index in [-0.39, 0.29) is 5.91 Å². The highest BCUT2D eigenvalue weighted by Gasteiger charge is 2.33. The van der Waals surface area contributed by atoms with E-state index in [1.165, 1.54) is 11.2 Å². The van der Waals surface area contributed by atoms with E-state index in [9.17, 15) is 13.2 Å². The Hall–Kier alpha value is -0.270. The van der Waals surface area contributed by atoms with E-state index < -0.39 is 15.2 Å². The highest BCUT2D eigenvalue weighted by atomic mass is 32.2. The molecule has 1 amide bonds. The number of nitrogens with two attached hydrogens (primary N) is 1. The first-order chi connectivity index (χ1) is 7.96. The van der Waals surface area contributed by atoms with E-state index in [1.54, 1.807) is 11.8 Å². The van der Waals surface area contributed by atoms with Crippen LogP contribution in [0.4, 0.5) is 0 Å². The number of carbonyl (C=O) groups is 1. The summed E-state index contributed by atoms with van der Waals surface area (Å²) in [4.78, 5) is 13.5. The summed E-state index contributed by atoms with van der Waals surface area (Å²) in [5, 5.41) is -0.647. The van der Waals surface area contributed by atoms with Gasteiger partial charge in [-0.25, -0.2) is 8.42 Å². The van der Waals surface area contributed by atoms with Gasteiger partial charge < -0.3 is 10.6 Å². The normalized spacial score (nSPS) is 21.5. The lowest BCUT2D eigenvalue weighted by Crippen LogP contribution is -2.49. The van der Waals surface area contributed by atoms with Gasteiger partial charge in [0.1, 0.15) is 5.37 Å². The maximum absolute atomic E-state index is 11.9. The van der Waals surface area contributed by atoms with Crippen LogP contribution in [0.5, 0.6) is 0 Å². The molecule has 0 bridgehead atoms. The number of hydrogen-bond donors (Lipinski definition) is 1. The summed E-state index contributed by atoms with van der Waals surface area (Å²) in [6.45, 7) is 1.10. The fourth-order valence-corrected chi connectivity index (χ4v) is 4.62. The zero-order chi connectivity index (χ0) is 12.9. The van der Waals surface area contributed by atoms with Gasteiger partial charge in [0.15, 0.2) is 9.84 Å². The summed E-state index contributed by atoms with van der Waals surface area (Å²) >= 11 is 1.59. The first-order valence-electron chi connectivity index (χ1n) is 5.73. The molecule has 1 saturated heterocycles. The van der Waals surface area contributed by atoms with Gasteiger partial charge in [-0.15, -0.1) is 0 Å². The Morgan fingerprint density at radius 2 is 2.18 bits per heavy atom. The number of amides is 1. The summed E-state index contributed by atoms with van der Waals surface area (Å²) in [5.74, 6) is 1.24. The SMILES string of the molecule is CS(=O)(=O)C1CSCCN1C(=O)CCCCN. The van der Waals surface area contributed by atoms with E-state index >= 15 is 0 Å². The largest absolute Gasteiger partial charge is 0.330 e. The lowest BCUT2D eigenvalue weighted by atomic mass is 10.2. The molecule has 0 aromatic rings. The molecule has 7 heteroatoms. The van der Waals surface area contributed by atoms with E-state index in [4.69, 9.17) is 5.73 Å². The minimum atomic E-state index is -3.19. The zero-order valence-corrected chi connectivity index (χ0v) is 11.7. The monoisotopic (exact) mass is 280 g/mol. The van der Waals surface area contributed by atoms with Gasteiger partial charge in [-0.05, 0) is 19.4 Å². The number of hydrogen-bond acceptors (Lipinski definition) is 5. The molecule has 1 atom stereocenters. The quantitative estimate of drug-likeness (QED) is 0.720. The molecule has 1 aliphatic rings. The van der Waals surface area contributed by atoms with Crippen molar-refractivity contribution in [1.82, 2.24) is 4.90 Å². The van der Waals surface area contributed by atoms with Gasteiger partial charge in [0, 0.05) is 30.7 Å². The Morgan fingerprint density at radius 1 is 1.47 bits per heavy atom. The molecular weight excluding hydrogens is 260 g/mol. The second-order valence-electron chi connectivity index (χ2n) is 4.19. The number of sulfone groups is 1. The van der Waals surface area contributed by atoms with Crippen molar-refractivity contribution in [1.29, 1.82) is 0 Å². The van der Waals surface area contributed by atoms with Gasteiger partial charge in [0.2, 0.25) is 5.91 Å². The summed E-state index contributed by atoms with van der Waals surface area (Å²) in [6.07, 6.45) is 3.13. The predicted molar refractivity (Wildman–Crippen MR) is 70.6 cm³/mol. The Labute approximate surface area is 107 Å². The summed E-state index contributed by atoms with van der Waals surface area (Å²) < 4.78 is 23.2. The van der Waals surface area contributed by atoms with Crippen molar-refractivity contribution in [2.75, 3.05) is 30.9 Å². The van der Waals surface area contributed by atoms with Crippen molar-refractivity contribution < 1.29 is 13.2 Å². The lowest BCUT2D eigenvalue weighted by molar-refractivity contribution is -0.131. The van der Waals surface area contributed by atoms with Crippen LogP contribution < -0.4 is 5.73 Å². The third kappa shape index (κ3) is 4.48. The van der Waals surface area contributed by atoms with Crippen LogP contribution >= 0.6 is 11.8 Å². The van der Waals surface area contributed by atoms with Gasteiger partial charge >= 0.3 is 0 Å². The van der Waals surface area contributed by atoms with Crippen LogP contribution in [0.3, 0.4) is 0 Å². The number of unbranched alkanes of at least 4 members (excludes halogenated alkanes) is 1. The second-order valence-corrected chi connectivity index (χ2v) is 7.55. The molecule has 0 saturated carbocycles. The van der Waals surface area contributed by atoms with Crippen molar-refractivity contribution in [2.24, 2.45) is 5.73 Å². The fraction of sp³-hybridized carbons (Fsp3) is 0.900. The van der Waals surface area contributed by atoms with E-state index in [1.807, 2.05) is 0 Å². The maximum Gasteiger partial charge on any atom is 0.223 e. The molecule has 1 unspecified atom stereocenters. The lowest BCUT2D eigenvalue weighted by Gasteiger charge is -2.34. The fourth-order valence-electron chi connectivity index (χ4n) is 1.79. The number of carbonyl (C=O) groups excluding carboxylic acids is 1. The third-order valence-corrected chi connectivity index (χ3v) is 5.39. The van der Waals surface area contributed by atoms with Crippen molar-refractivity contribution in [3.63, 3.8) is 0 Å². The van der Waals surface area contributed by atoms with Gasteiger partial charge in [-0.1, -0.05) is 0 Å². The summed E-state index contributed by atoms with van der Waals surface area (Å²) in [7, 11) is -3.19. The molecule has 17 heavy (non-hydrogen) atoms. The Kier molecular flexibility index (Phi) is 5.75. The van der Waals surface area contributed by atoms with Crippen LogP contribution in [0.2, 0.25) is 0 Å². The third-order valence-electron chi connectivity index (χ3n) is 2.74. The van der Waals surface area contributed by atoms with Crippen LogP contribution in [0.15, 0.2) is 0 Å². The van der Waals surface area contributed by atoms with Crippen LogP contribution in [0.25, 0.3) is 0 Å². The second kappa shape index (κ2) is 6.61. The number of rotatable bonds is 5. The van der Waals surface area contributed by atoms with Crippen molar-refractivity contribution >= 4 is 27.5 Å². The molecule has 1 aliphatic heterocycles. The van der Waals surface area contributed by atoms with Crippen molar-refractivity contribution in [2.45, 2.75) is 24.6 Å². The predicted octanol–water partition coefficient (Wildman–Crippen LogP) is 0.0615. The molecule has 0 aliphatic carbocycles. The Balaban J connectivity index is 2.62. The van der Waals surface area contributed by atoms with Crippen LogP contribution in [-0.2, 0) is 14.6 Å². The maximum atomic E-state index is 11.9. The zero-order valence-electron chi connectivity index (χ0n) is 10.1. The highest BCUT2D eigenvalue weighted by molar-refractivity contribution is 8.00. The molecule has 0 aromatic heterocycles. The van der Waals surface area contributed by atoms with Crippen molar-refractivity contribution in [3.05, 3.63) is 0 Å². The average Bonchev–Trinajstić information content (AvgIpc) is 2.28. The van der Waals surface area contributed by atoms with E-state index in [2.05, 4.69) is 0 Å². The molecule has 0 spiro atoms. The van der Waals surface area contributed by atoms with Crippen LogP contribution in [0, 0.1) is 0 Å². The molecule has 1 fully saturated rings. The molecule has 0 radical (unpaired) electrons. The first kappa shape index (κ1) is 14.8. The van der Waals surface area contributed by atoms with Crippen LogP contribution in [-0.4, -0.2) is 55.4 Å².